The molecule has 1 aromatic carbocycles. The maximum Gasteiger partial charge on any atom is 0.311 e. The Hall–Kier alpha value is -1.79. The lowest BCUT2D eigenvalue weighted by Crippen LogP contribution is -2.37. The summed E-state index contributed by atoms with van der Waals surface area (Å²) in [6.45, 7) is 10.2. The predicted molar refractivity (Wildman–Crippen MR) is 90.7 cm³/mol. The van der Waals surface area contributed by atoms with Crippen molar-refractivity contribution < 1.29 is 24.1 Å². The number of hydrogen-bond acceptors (Lipinski definition) is 5. The number of carboxylic acid groups (broad SMARTS) is 1. The molecule has 1 aliphatic heterocycles. The Labute approximate surface area is 143 Å². The molecule has 1 heterocycles. The van der Waals surface area contributed by atoms with Crippen molar-refractivity contribution in [2.75, 3.05) is 32.8 Å². The highest BCUT2D eigenvalue weighted by Gasteiger charge is 2.40. The number of para-hydroxylation sites is 1. The van der Waals surface area contributed by atoms with Crippen LogP contribution in [-0.2, 0) is 16.0 Å². The van der Waals surface area contributed by atoms with Gasteiger partial charge in [0.25, 0.3) is 5.79 Å². The van der Waals surface area contributed by atoms with E-state index in [4.69, 9.17) is 19.3 Å². The summed E-state index contributed by atoms with van der Waals surface area (Å²) in [6, 6.07) is 5.65. The minimum Gasteiger partial charge on any atom is -0.481 e. The molecule has 0 bridgehead atoms. The Morgan fingerprint density at radius 1 is 1.25 bits per heavy atom. The number of nitrogens with zero attached hydrogens (tertiary/aromatic N) is 1. The Morgan fingerprint density at radius 3 is 2.67 bits per heavy atom. The zero-order chi connectivity index (χ0) is 17.6. The largest absolute Gasteiger partial charge is 0.481 e. The molecule has 1 atom stereocenters. The van der Waals surface area contributed by atoms with Gasteiger partial charge in [-0.15, -0.1) is 0 Å². The predicted octanol–water partition coefficient (Wildman–Crippen LogP) is 2.55. The summed E-state index contributed by atoms with van der Waals surface area (Å²) in [5, 5.41) is 8.99. The number of hydrogen-bond donors (Lipinski definition) is 1. The fourth-order valence-electron chi connectivity index (χ4n) is 2.79. The van der Waals surface area contributed by atoms with Crippen LogP contribution < -0.4 is 9.47 Å². The fourth-order valence-corrected chi connectivity index (χ4v) is 2.79. The summed E-state index contributed by atoms with van der Waals surface area (Å²) >= 11 is 0. The van der Waals surface area contributed by atoms with Crippen molar-refractivity contribution in [3.05, 3.63) is 23.8 Å². The monoisotopic (exact) mass is 337 g/mol. The van der Waals surface area contributed by atoms with Crippen LogP contribution in [0.4, 0.5) is 0 Å². The van der Waals surface area contributed by atoms with Crippen LogP contribution >= 0.6 is 0 Å². The molecule has 2 rings (SSSR count). The first-order valence-corrected chi connectivity index (χ1v) is 8.49. The molecule has 1 unspecified atom stereocenters. The van der Waals surface area contributed by atoms with Gasteiger partial charge in [0.2, 0.25) is 0 Å². The third-order valence-corrected chi connectivity index (χ3v) is 4.14. The van der Waals surface area contributed by atoms with Crippen molar-refractivity contribution in [2.24, 2.45) is 0 Å². The molecule has 0 aromatic heterocycles. The Balaban J connectivity index is 1.86. The second-order valence-corrected chi connectivity index (χ2v) is 6.04. The van der Waals surface area contributed by atoms with Crippen molar-refractivity contribution in [1.82, 2.24) is 4.90 Å². The van der Waals surface area contributed by atoms with Crippen molar-refractivity contribution in [1.29, 1.82) is 0 Å². The molecular weight excluding hydrogens is 310 g/mol. The molecule has 0 saturated heterocycles. The number of rotatable bonds is 10. The first kappa shape index (κ1) is 18.5. The van der Waals surface area contributed by atoms with Gasteiger partial charge < -0.3 is 24.2 Å². The van der Waals surface area contributed by atoms with Crippen molar-refractivity contribution in [2.45, 2.75) is 39.4 Å². The summed E-state index contributed by atoms with van der Waals surface area (Å²) in [4.78, 5) is 13.3. The van der Waals surface area contributed by atoms with E-state index in [1.807, 2.05) is 12.1 Å². The SMILES string of the molecule is CCN(CC)CCOCCc1cccc2c1OC(C)(CC(=O)O)O2. The number of ether oxygens (including phenoxy) is 3. The highest BCUT2D eigenvalue weighted by Crippen LogP contribution is 2.43. The quantitative estimate of drug-likeness (QED) is 0.662. The minimum absolute atomic E-state index is 0.207. The molecular formula is C18H27NO5. The summed E-state index contributed by atoms with van der Waals surface area (Å²) in [6.07, 6.45) is 0.495. The molecule has 0 saturated carbocycles. The number of benzene rings is 1. The number of aliphatic carboxylic acids is 1. The van der Waals surface area contributed by atoms with E-state index in [1.165, 1.54) is 0 Å². The highest BCUT2D eigenvalue weighted by molar-refractivity contribution is 5.68. The van der Waals surface area contributed by atoms with Crippen LogP contribution in [0.2, 0.25) is 0 Å². The average molecular weight is 337 g/mol. The second-order valence-electron chi connectivity index (χ2n) is 6.04. The Kier molecular flexibility index (Phi) is 6.45. The summed E-state index contributed by atoms with van der Waals surface area (Å²) < 4.78 is 17.2. The molecule has 6 heteroatoms. The summed E-state index contributed by atoms with van der Waals surface area (Å²) in [7, 11) is 0. The Bertz CT molecular complexity index is 558. The lowest BCUT2D eigenvalue weighted by Gasteiger charge is -2.20. The van der Waals surface area contributed by atoms with Gasteiger partial charge in [-0.2, -0.15) is 0 Å². The van der Waals surface area contributed by atoms with Crippen molar-refractivity contribution in [3.8, 4) is 11.5 Å². The standard InChI is InChI=1S/C18H27NO5/c1-4-19(5-2)10-12-22-11-9-14-7-6-8-15-17(14)24-18(3,23-15)13-16(20)21/h6-8H,4-5,9-13H2,1-3H3,(H,20,21). The van der Waals surface area contributed by atoms with Gasteiger partial charge in [-0.05, 0) is 25.6 Å². The van der Waals surface area contributed by atoms with Gasteiger partial charge in [0.05, 0.1) is 13.2 Å². The zero-order valence-corrected chi connectivity index (χ0v) is 14.7. The van der Waals surface area contributed by atoms with Gasteiger partial charge >= 0.3 is 5.97 Å². The van der Waals surface area contributed by atoms with Crippen molar-refractivity contribution in [3.63, 3.8) is 0 Å². The minimum atomic E-state index is -1.14. The maximum atomic E-state index is 11.0. The van der Waals surface area contributed by atoms with Crippen LogP contribution in [0.15, 0.2) is 18.2 Å². The van der Waals surface area contributed by atoms with Crippen LogP contribution in [0.1, 0.15) is 32.8 Å². The van der Waals surface area contributed by atoms with Crippen molar-refractivity contribution >= 4 is 5.97 Å². The van der Waals surface area contributed by atoms with Gasteiger partial charge in [0.15, 0.2) is 11.5 Å². The maximum absolute atomic E-state index is 11.0. The molecule has 1 aliphatic rings. The molecule has 24 heavy (non-hydrogen) atoms. The third-order valence-electron chi connectivity index (χ3n) is 4.14. The smallest absolute Gasteiger partial charge is 0.311 e. The summed E-state index contributed by atoms with van der Waals surface area (Å²) in [5.41, 5.74) is 0.976. The molecule has 1 aromatic rings. The lowest BCUT2D eigenvalue weighted by atomic mass is 10.1. The number of fused-ring (bicyclic) bond motifs is 1. The second kappa shape index (κ2) is 8.35. The lowest BCUT2D eigenvalue weighted by molar-refractivity contribution is -0.149. The van der Waals surface area contributed by atoms with E-state index in [2.05, 4.69) is 18.7 Å². The molecule has 1 N–H and O–H groups in total. The normalized spacial score (nSPS) is 19.0. The third kappa shape index (κ3) is 4.85. The van der Waals surface area contributed by atoms with E-state index in [0.29, 0.717) is 31.1 Å². The van der Waals surface area contributed by atoms with Gasteiger partial charge in [-0.1, -0.05) is 26.0 Å². The van der Waals surface area contributed by atoms with Crippen LogP contribution in [-0.4, -0.2) is 54.6 Å². The van der Waals surface area contributed by atoms with E-state index in [9.17, 15) is 4.79 Å². The van der Waals surface area contributed by atoms with Gasteiger partial charge in [0, 0.05) is 19.0 Å². The zero-order valence-electron chi connectivity index (χ0n) is 14.7. The Morgan fingerprint density at radius 2 is 2.00 bits per heavy atom. The molecule has 6 nitrogen and oxygen atoms in total. The van der Waals surface area contributed by atoms with Gasteiger partial charge in [-0.25, -0.2) is 0 Å². The molecule has 0 aliphatic carbocycles. The molecule has 0 amide bonds. The molecule has 134 valence electrons. The van der Waals surface area contributed by atoms with Gasteiger partial charge in [0.1, 0.15) is 6.42 Å². The van der Waals surface area contributed by atoms with E-state index in [-0.39, 0.29) is 6.42 Å². The summed E-state index contributed by atoms with van der Waals surface area (Å²) in [5.74, 6) is -0.868. The average Bonchev–Trinajstić information content (AvgIpc) is 2.86. The number of carboxylic acids is 1. The first-order valence-electron chi connectivity index (χ1n) is 8.49. The highest BCUT2D eigenvalue weighted by atomic mass is 16.7. The molecule has 0 fully saturated rings. The van der Waals surface area contributed by atoms with E-state index in [1.54, 1.807) is 13.0 Å². The van der Waals surface area contributed by atoms with Crippen LogP contribution in [0.25, 0.3) is 0 Å². The van der Waals surface area contributed by atoms with E-state index >= 15 is 0 Å². The fraction of sp³-hybridized carbons (Fsp3) is 0.611. The van der Waals surface area contributed by atoms with Crippen LogP contribution in [0.3, 0.4) is 0 Å². The molecule has 0 radical (unpaired) electrons. The topological polar surface area (TPSA) is 68.2 Å². The number of carbonyl (C=O) groups is 1. The van der Waals surface area contributed by atoms with E-state index in [0.717, 1.165) is 25.2 Å². The van der Waals surface area contributed by atoms with Gasteiger partial charge in [-0.3, -0.25) is 4.79 Å². The number of likely N-dealkylation sites (N-methyl/N-ethyl adjacent to an activating group) is 1. The molecule has 0 spiro atoms. The van der Waals surface area contributed by atoms with Crippen LogP contribution in [0, 0.1) is 0 Å². The van der Waals surface area contributed by atoms with E-state index < -0.39 is 11.8 Å². The first-order chi connectivity index (χ1) is 11.5. The van der Waals surface area contributed by atoms with Crippen LogP contribution in [0.5, 0.6) is 11.5 Å².